The van der Waals surface area contributed by atoms with Crippen molar-refractivity contribution in [2.75, 3.05) is 4.90 Å². The van der Waals surface area contributed by atoms with Crippen LogP contribution in [0.15, 0.2) is 93.9 Å². The molecule has 0 amide bonds. The summed E-state index contributed by atoms with van der Waals surface area (Å²) in [5.74, 6) is 1.76. The fourth-order valence-electron chi connectivity index (χ4n) is 3.82. The second kappa shape index (κ2) is 8.17. The van der Waals surface area contributed by atoms with Gasteiger partial charge in [-0.1, -0.05) is 34.1 Å². The zero-order chi connectivity index (χ0) is 21.4. The number of phenols is 1. The zero-order valence-corrected chi connectivity index (χ0v) is 18.7. The highest BCUT2D eigenvalue weighted by molar-refractivity contribution is 9.10. The molecule has 1 fully saturated rings. The Bertz CT molecular complexity index is 1210. The maximum Gasteiger partial charge on any atom is 0.174 e. The summed E-state index contributed by atoms with van der Waals surface area (Å²) in [6.07, 6.45) is 1.77. The van der Waals surface area contributed by atoms with Gasteiger partial charge in [-0.2, -0.15) is 0 Å². The first-order chi connectivity index (χ1) is 15.1. The van der Waals surface area contributed by atoms with Gasteiger partial charge in [0.15, 0.2) is 5.11 Å². The third kappa shape index (κ3) is 3.82. The van der Waals surface area contributed by atoms with E-state index in [2.05, 4.69) is 26.2 Å². The van der Waals surface area contributed by atoms with Crippen LogP contribution in [0.4, 0.5) is 5.69 Å². The number of phenolic OH excluding ortho intramolecular Hbond substituents is 1. The molecule has 1 aliphatic rings. The summed E-state index contributed by atoms with van der Waals surface area (Å²) in [5.41, 5.74) is 2.73. The number of furan rings is 1. The molecule has 0 unspecified atom stereocenters. The molecule has 0 bridgehead atoms. The SMILES string of the molecule is Oc1ccc(N2C(=S)N[C@H](c3ccccn3)[C@H]2c2ccc(-c3ccc(Br)cc3)o2)cc1. The van der Waals surface area contributed by atoms with Gasteiger partial charge >= 0.3 is 0 Å². The fourth-order valence-corrected chi connectivity index (χ4v) is 4.43. The third-order valence-corrected chi connectivity index (χ3v) is 6.12. The van der Waals surface area contributed by atoms with Gasteiger partial charge in [0.1, 0.15) is 23.3 Å². The molecular weight excluding hydrogens is 474 g/mol. The van der Waals surface area contributed by atoms with E-state index >= 15 is 0 Å². The Labute approximate surface area is 193 Å². The van der Waals surface area contributed by atoms with Gasteiger partial charge in [0.05, 0.1) is 11.7 Å². The molecule has 0 aliphatic carbocycles. The van der Waals surface area contributed by atoms with Gasteiger partial charge < -0.3 is 19.7 Å². The molecule has 5 nitrogen and oxygen atoms in total. The molecule has 2 atom stereocenters. The number of hydrogen-bond acceptors (Lipinski definition) is 4. The number of rotatable bonds is 4. The van der Waals surface area contributed by atoms with Gasteiger partial charge in [-0.3, -0.25) is 4.98 Å². The highest BCUT2D eigenvalue weighted by Gasteiger charge is 2.42. The first-order valence-corrected chi connectivity index (χ1v) is 11.0. The summed E-state index contributed by atoms with van der Waals surface area (Å²) in [7, 11) is 0. The molecule has 0 spiro atoms. The van der Waals surface area contributed by atoms with Crippen LogP contribution in [0.5, 0.6) is 5.75 Å². The second-order valence-electron chi connectivity index (χ2n) is 7.22. The molecule has 7 heteroatoms. The van der Waals surface area contributed by atoms with E-state index in [1.54, 1.807) is 18.3 Å². The van der Waals surface area contributed by atoms with Crippen molar-refractivity contribution in [2.24, 2.45) is 0 Å². The molecular formula is C24H18BrN3O2S. The van der Waals surface area contributed by atoms with Crippen LogP contribution in [0.1, 0.15) is 23.5 Å². The lowest BCUT2D eigenvalue weighted by Crippen LogP contribution is -2.29. The summed E-state index contributed by atoms with van der Waals surface area (Å²) in [6, 6.07) is 24.4. The van der Waals surface area contributed by atoms with Gasteiger partial charge in [0, 0.05) is 21.9 Å². The number of nitrogens with zero attached hydrogens (tertiary/aromatic N) is 2. The van der Waals surface area contributed by atoms with Crippen LogP contribution in [-0.4, -0.2) is 15.2 Å². The Morgan fingerprint density at radius 3 is 2.45 bits per heavy atom. The molecule has 2 N–H and O–H groups in total. The van der Waals surface area contributed by atoms with E-state index in [0.717, 1.165) is 32.9 Å². The smallest absolute Gasteiger partial charge is 0.174 e. The molecule has 5 rings (SSSR count). The highest BCUT2D eigenvalue weighted by Crippen LogP contribution is 2.43. The number of pyridine rings is 1. The molecule has 2 aromatic carbocycles. The number of anilines is 1. The van der Waals surface area contributed by atoms with Crippen LogP contribution in [0.25, 0.3) is 11.3 Å². The molecule has 31 heavy (non-hydrogen) atoms. The van der Waals surface area contributed by atoms with Crippen molar-refractivity contribution in [1.82, 2.24) is 10.3 Å². The molecule has 0 radical (unpaired) electrons. The molecule has 2 aromatic heterocycles. The predicted octanol–water partition coefficient (Wildman–Crippen LogP) is 5.99. The number of aromatic hydroxyl groups is 1. The first kappa shape index (κ1) is 19.8. The van der Waals surface area contributed by atoms with E-state index in [9.17, 15) is 5.11 Å². The largest absolute Gasteiger partial charge is 0.508 e. The Kier molecular flexibility index (Phi) is 5.21. The van der Waals surface area contributed by atoms with Crippen molar-refractivity contribution >= 4 is 38.9 Å². The zero-order valence-electron chi connectivity index (χ0n) is 16.3. The highest BCUT2D eigenvalue weighted by atomic mass is 79.9. The van der Waals surface area contributed by atoms with E-state index in [0.29, 0.717) is 5.11 Å². The number of thiocarbonyl (C=S) groups is 1. The monoisotopic (exact) mass is 491 g/mol. The standard InChI is InChI=1S/C24H18BrN3O2S/c25-16-6-4-15(5-7-16)20-12-13-21(30-20)23-22(19-3-1-2-14-26-19)27-24(31)28(23)17-8-10-18(29)11-9-17/h1-14,22-23,29H,(H,27,31)/t22-,23-/m1/s1. The molecule has 4 aromatic rings. The van der Waals surface area contributed by atoms with Crippen LogP contribution in [0.3, 0.4) is 0 Å². The van der Waals surface area contributed by atoms with Gasteiger partial charge in [0.25, 0.3) is 0 Å². The van der Waals surface area contributed by atoms with E-state index in [-0.39, 0.29) is 17.8 Å². The van der Waals surface area contributed by atoms with Gasteiger partial charge in [-0.15, -0.1) is 0 Å². The van der Waals surface area contributed by atoms with Crippen LogP contribution < -0.4 is 10.2 Å². The van der Waals surface area contributed by atoms with Crippen molar-refractivity contribution < 1.29 is 9.52 Å². The molecule has 1 saturated heterocycles. The van der Waals surface area contributed by atoms with Crippen molar-refractivity contribution in [3.63, 3.8) is 0 Å². The topological polar surface area (TPSA) is 61.5 Å². The average Bonchev–Trinajstić information content (AvgIpc) is 3.40. The summed E-state index contributed by atoms with van der Waals surface area (Å²) in [6.45, 7) is 0. The van der Waals surface area contributed by atoms with E-state index in [1.807, 2.05) is 71.6 Å². The molecule has 1 aliphatic heterocycles. The number of hydrogen-bond donors (Lipinski definition) is 2. The lowest BCUT2D eigenvalue weighted by Gasteiger charge is -2.26. The summed E-state index contributed by atoms with van der Waals surface area (Å²) < 4.78 is 7.35. The van der Waals surface area contributed by atoms with Crippen molar-refractivity contribution in [3.05, 3.63) is 101 Å². The van der Waals surface area contributed by atoms with Crippen LogP contribution in [-0.2, 0) is 0 Å². The first-order valence-electron chi connectivity index (χ1n) is 9.75. The normalized spacial score (nSPS) is 18.2. The van der Waals surface area contributed by atoms with Crippen LogP contribution in [0, 0.1) is 0 Å². The molecule has 0 saturated carbocycles. The lowest BCUT2D eigenvalue weighted by molar-refractivity contribution is 0.439. The van der Waals surface area contributed by atoms with E-state index in [4.69, 9.17) is 16.6 Å². The number of benzene rings is 2. The maximum absolute atomic E-state index is 9.73. The summed E-state index contributed by atoms with van der Waals surface area (Å²) in [5, 5.41) is 13.7. The lowest BCUT2D eigenvalue weighted by atomic mass is 10.0. The maximum atomic E-state index is 9.73. The minimum atomic E-state index is -0.240. The van der Waals surface area contributed by atoms with Crippen LogP contribution in [0.2, 0.25) is 0 Å². The van der Waals surface area contributed by atoms with Crippen molar-refractivity contribution in [3.8, 4) is 17.1 Å². The number of aromatic nitrogens is 1. The van der Waals surface area contributed by atoms with Crippen LogP contribution >= 0.6 is 28.1 Å². The fraction of sp³-hybridized carbons (Fsp3) is 0.0833. The van der Waals surface area contributed by atoms with E-state index < -0.39 is 0 Å². The number of nitrogens with one attached hydrogen (secondary N) is 1. The Morgan fingerprint density at radius 2 is 1.74 bits per heavy atom. The Morgan fingerprint density at radius 1 is 0.968 bits per heavy atom. The van der Waals surface area contributed by atoms with Gasteiger partial charge in [0.2, 0.25) is 0 Å². The van der Waals surface area contributed by atoms with Gasteiger partial charge in [-0.25, -0.2) is 0 Å². The quantitative estimate of drug-likeness (QED) is 0.342. The minimum Gasteiger partial charge on any atom is -0.508 e. The summed E-state index contributed by atoms with van der Waals surface area (Å²) in [4.78, 5) is 6.56. The Hall–Kier alpha value is -3.16. The minimum absolute atomic E-state index is 0.188. The van der Waals surface area contributed by atoms with Crippen molar-refractivity contribution in [1.29, 1.82) is 0 Å². The molecule has 3 heterocycles. The summed E-state index contributed by atoms with van der Waals surface area (Å²) >= 11 is 9.17. The van der Waals surface area contributed by atoms with E-state index in [1.165, 1.54) is 0 Å². The van der Waals surface area contributed by atoms with Crippen molar-refractivity contribution in [2.45, 2.75) is 12.1 Å². The second-order valence-corrected chi connectivity index (χ2v) is 8.52. The third-order valence-electron chi connectivity index (χ3n) is 5.27. The average molecular weight is 492 g/mol. The van der Waals surface area contributed by atoms with Gasteiger partial charge in [-0.05, 0) is 72.9 Å². The predicted molar refractivity (Wildman–Crippen MR) is 128 cm³/mol. The molecule has 154 valence electrons. The number of halogens is 1. The Balaban J connectivity index is 1.59.